The summed E-state index contributed by atoms with van der Waals surface area (Å²) in [5.74, 6) is 0.794. The predicted octanol–water partition coefficient (Wildman–Crippen LogP) is 2.05. The molecule has 0 aliphatic carbocycles. The minimum atomic E-state index is 0.378. The van der Waals surface area contributed by atoms with E-state index in [0.717, 1.165) is 18.5 Å². The van der Waals surface area contributed by atoms with Crippen LogP contribution in [-0.4, -0.2) is 24.2 Å². The van der Waals surface area contributed by atoms with Crippen LogP contribution in [0.25, 0.3) is 0 Å². The van der Waals surface area contributed by atoms with Gasteiger partial charge in [0, 0.05) is 29.8 Å². The Bertz CT molecular complexity index is 376. The van der Waals surface area contributed by atoms with Crippen molar-refractivity contribution in [1.82, 2.24) is 0 Å². The molecule has 3 heteroatoms. The normalized spacial score (nSPS) is 19.2. The van der Waals surface area contributed by atoms with Crippen LogP contribution in [0.15, 0.2) is 18.2 Å². The molecule has 16 heavy (non-hydrogen) atoms. The average Bonchev–Trinajstić information content (AvgIpc) is 2.59. The van der Waals surface area contributed by atoms with Crippen LogP contribution in [0.1, 0.15) is 31.7 Å². The van der Waals surface area contributed by atoms with Gasteiger partial charge in [-0.2, -0.15) is 0 Å². The molecule has 1 unspecified atom stereocenters. The van der Waals surface area contributed by atoms with Crippen LogP contribution in [0.2, 0.25) is 0 Å². The molecule has 0 radical (unpaired) electrons. The van der Waals surface area contributed by atoms with E-state index in [4.69, 9.17) is 5.73 Å². The average molecular weight is 220 g/mol. The molecule has 3 nitrogen and oxygen atoms in total. The maximum absolute atomic E-state index is 9.96. The number of nitrogens with two attached hydrogens (primary N) is 1. The van der Waals surface area contributed by atoms with Crippen molar-refractivity contribution < 1.29 is 5.11 Å². The van der Waals surface area contributed by atoms with E-state index in [1.54, 1.807) is 6.07 Å². The molecule has 1 heterocycles. The second-order valence-corrected chi connectivity index (χ2v) is 4.73. The molecular weight excluding hydrogens is 200 g/mol. The quantitative estimate of drug-likeness (QED) is 0.819. The molecule has 2 rings (SSSR count). The molecule has 3 N–H and O–H groups in total. The largest absolute Gasteiger partial charge is 0.508 e. The minimum Gasteiger partial charge on any atom is -0.508 e. The Morgan fingerprint density at radius 2 is 2.25 bits per heavy atom. The van der Waals surface area contributed by atoms with Crippen LogP contribution in [-0.2, 0) is 0 Å². The van der Waals surface area contributed by atoms with Crippen LogP contribution in [0.3, 0.4) is 0 Å². The Kier molecular flexibility index (Phi) is 3.06. The summed E-state index contributed by atoms with van der Waals surface area (Å²) in [7, 11) is 0. The lowest BCUT2D eigenvalue weighted by atomic mass is 9.97. The van der Waals surface area contributed by atoms with E-state index in [9.17, 15) is 5.11 Å². The molecule has 0 spiro atoms. The van der Waals surface area contributed by atoms with Gasteiger partial charge in [0.05, 0.1) is 0 Å². The summed E-state index contributed by atoms with van der Waals surface area (Å²) in [6.07, 6.45) is 0.938. The van der Waals surface area contributed by atoms with E-state index in [1.165, 1.54) is 5.69 Å². The Balaban J connectivity index is 2.40. The van der Waals surface area contributed by atoms with Gasteiger partial charge in [0.15, 0.2) is 0 Å². The SMILES string of the molecule is CC(C)N1CC(CCN)c2c(O)cccc21. The van der Waals surface area contributed by atoms with E-state index in [-0.39, 0.29) is 0 Å². The number of phenolic OH excluding ortho intramolecular Hbond substituents is 1. The molecule has 88 valence electrons. The lowest BCUT2D eigenvalue weighted by Crippen LogP contribution is -2.29. The van der Waals surface area contributed by atoms with Gasteiger partial charge in [-0.1, -0.05) is 6.07 Å². The van der Waals surface area contributed by atoms with Gasteiger partial charge < -0.3 is 15.7 Å². The number of nitrogens with zero attached hydrogens (tertiary/aromatic N) is 1. The molecule has 0 saturated carbocycles. The molecule has 1 aromatic carbocycles. The fourth-order valence-corrected chi connectivity index (χ4v) is 2.56. The van der Waals surface area contributed by atoms with Crippen LogP contribution in [0.5, 0.6) is 5.75 Å². The summed E-state index contributed by atoms with van der Waals surface area (Å²) in [5, 5.41) is 9.96. The maximum atomic E-state index is 9.96. The van der Waals surface area contributed by atoms with Crippen molar-refractivity contribution in [2.45, 2.75) is 32.2 Å². The molecule has 0 amide bonds. The Hall–Kier alpha value is -1.22. The Morgan fingerprint density at radius 1 is 1.50 bits per heavy atom. The smallest absolute Gasteiger partial charge is 0.121 e. The second-order valence-electron chi connectivity index (χ2n) is 4.73. The van der Waals surface area contributed by atoms with Gasteiger partial charge >= 0.3 is 0 Å². The first-order chi connectivity index (χ1) is 7.65. The molecular formula is C13H20N2O. The highest BCUT2D eigenvalue weighted by molar-refractivity contribution is 5.65. The topological polar surface area (TPSA) is 49.5 Å². The fourth-order valence-electron chi connectivity index (χ4n) is 2.56. The molecule has 1 aliphatic rings. The monoisotopic (exact) mass is 220 g/mol. The number of hydrogen-bond acceptors (Lipinski definition) is 3. The van der Waals surface area contributed by atoms with E-state index < -0.39 is 0 Å². The van der Waals surface area contributed by atoms with E-state index >= 15 is 0 Å². The van der Waals surface area contributed by atoms with Crippen molar-refractivity contribution in [2.75, 3.05) is 18.0 Å². The standard InChI is InChI=1S/C13H20N2O/c1-9(2)15-8-10(6-7-14)13-11(15)4-3-5-12(13)16/h3-5,9-10,16H,6-8,14H2,1-2H3. The summed E-state index contributed by atoms with van der Waals surface area (Å²) in [4.78, 5) is 2.34. The van der Waals surface area contributed by atoms with Crippen molar-refractivity contribution >= 4 is 5.69 Å². The summed E-state index contributed by atoms with van der Waals surface area (Å²) >= 11 is 0. The summed E-state index contributed by atoms with van der Waals surface area (Å²) < 4.78 is 0. The van der Waals surface area contributed by atoms with E-state index in [2.05, 4.69) is 24.8 Å². The van der Waals surface area contributed by atoms with Gasteiger partial charge in [0.2, 0.25) is 0 Å². The number of hydrogen-bond donors (Lipinski definition) is 2. The number of rotatable bonds is 3. The highest BCUT2D eigenvalue weighted by atomic mass is 16.3. The predicted molar refractivity (Wildman–Crippen MR) is 67.0 cm³/mol. The number of anilines is 1. The number of phenols is 1. The molecule has 0 fully saturated rings. The van der Waals surface area contributed by atoms with Crippen molar-refractivity contribution in [2.24, 2.45) is 5.73 Å². The van der Waals surface area contributed by atoms with Crippen LogP contribution >= 0.6 is 0 Å². The first-order valence-electron chi connectivity index (χ1n) is 5.93. The van der Waals surface area contributed by atoms with Crippen LogP contribution in [0, 0.1) is 0 Å². The van der Waals surface area contributed by atoms with Crippen molar-refractivity contribution in [1.29, 1.82) is 0 Å². The molecule has 0 saturated heterocycles. The molecule has 1 atom stereocenters. The lowest BCUT2D eigenvalue weighted by molar-refractivity contribution is 0.462. The Labute approximate surface area is 96.9 Å². The third-order valence-electron chi connectivity index (χ3n) is 3.33. The van der Waals surface area contributed by atoms with Crippen LogP contribution in [0.4, 0.5) is 5.69 Å². The van der Waals surface area contributed by atoms with Gasteiger partial charge in [0.1, 0.15) is 5.75 Å². The molecule has 1 aromatic rings. The maximum Gasteiger partial charge on any atom is 0.121 e. The summed E-state index contributed by atoms with van der Waals surface area (Å²) in [6.45, 7) is 6.00. The third-order valence-corrected chi connectivity index (χ3v) is 3.33. The summed E-state index contributed by atoms with van der Waals surface area (Å²) in [6, 6.07) is 6.23. The number of fused-ring (bicyclic) bond motifs is 1. The number of aromatic hydroxyl groups is 1. The van der Waals surface area contributed by atoms with Crippen LogP contribution < -0.4 is 10.6 Å². The Morgan fingerprint density at radius 3 is 2.88 bits per heavy atom. The summed E-state index contributed by atoms with van der Waals surface area (Å²) in [5.41, 5.74) is 7.90. The van der Waals surface area contributed by atoms with Gasteiger partial charge in [-0.15, -0.1) is 0 Å². The number of benzene rings is 1. The molecule has 0 aromatic heterocycles. The third kappa shape index (κ3) is 1.76. The van der Waals surface area contributed by atoms with Gasteiger partial charge in [0.25, 0.3) is 0 Å². The van der Waals surface area contributed by atoms with E-state index in [0.29, 0.717) is 24.3 Å². The molecule has 0 bridgehead atoms. The first kappa shape index (κ1) is 11.3. The van der Waals surface area contributed by atoms with E-state index in [1.807, 2.05) is 6.07 Å². The highest BCUT2D eigenvalue weighted by Gasteiger charge is 2.31. The second kappa shape index (κ2) is 4.34. The van der Waals surface area contributed by atoms with Gasteiger partial charge in [-0.3, -0.25) is 0 Å². The highest BCUT2D eigenvalue weighted by Crippen LogP contribution is 2.43. The van der Waals surface area contributed by atoms with Crippen molar-refractivity contribution in [3.05, 3.63) is 23.8 Å². The van der Waals surface area contributed by atoms with Crippen molar-refractivity contribution in [3.63, 3.8) is 0 Å². The fraction of sp³-hybridized carbons (Fsp3) is 0.538. The van der Waals surface area contributed by atoms with Gasteiger partial charge in [-0.25, -0.2) is 0 Å². The first-order valence-corrected chi connectivity index (χ1v) is 5.93. The molecule has 1 aliphatic heterocycles. The zero-order chi connectivity index (χ0) is 11.7. The zero-order valence-electron chi connectivity index (χ0n) is 9.98. The minimum absolute atomic E-state index is 0.378. The zero-order valence-corrected chi connectivity index (χ0v) is 9.98. The lowest BCUT2D eigenvalue weighted by Gasteiger charge is -2.24. The van der Waals surface area contributed by atoms with Gasteiger partial charge in [-0.05, 0) is 38.9 Å². The van der Waals surface area contributed by atoms with Crippen molar-refractivity contribution in [3.8, 4) is 5.75 Å².